The van der Waals surface area contributed by atoms with Gasteiger partial charge in [0.2, 0.25) is 0 Å². The van der Waals surface area contributed by atoms with Crippen LogP contribution in [0.4, 0.5) is 0 Å². The molecule has 0 heterocycles. The lowest BCUT2D eigenvalue weighted by molar-refractivity contribution is -0.128. The van der Waals surface area contributed by atoms with Gasteiger partial charge < -0.3 is 14.8 Å². The number of benzene rings is 2. The first kappa shape index (κ1) is 19.3. The molecular weight excluding hydrogens is 338 g/mol. The van der Waals surface area contributed by atoms with Crippen molar-refractivity contribution in [3.05, 3.63) is 59.2 Å². The molecule has 2 aromatic rings. The van der Waals surface area contributed by atoms with Crippen LogP contribution in [0.15, 0.2) is 42.5 Å². The Morgan fingerprint density at radius 3 is 2.44 bits per heavy atom. The van der Waals surface area contributed by atoms with Crippen LogP contribution in [-0.4, -0.2) is 25.7 Å². The number of nitrogens with one attached hydrogen (secondary N) is 1. The third-order valence-corrected chi connectivity index (χ3v) is 5.13. The minimum absolute atomic E-state index is 0.0521. The standard InChI is InChI=1S/C23H29NO3/c1-3-22(27-21-13-10-18-6-4-5-7-19(18)16-21)23(25)24-15-14-17-8-11-20(26-2)12-9-17/h8-13,16,22H,3-7,14-15H2,1-2H3,(H,24,25)/t22-/m1/s1. The Morgan fingerprint density at radius 1 is 1.04 bits per heavy atom. The van der Waals surface area contributed by atoms with E-state index in [9.17, 15) is 4.79 Å². The third-order valence-electron chi connectivity index (χ3n) is 5.13. The van der Waals surface area contributed by atoms with Crippen molar-refractivity contribution >= 4 is 5.91 Å². The number of rotatable bonds is 8. The summed E-state index contributed by atoms with van der Waals surface area (Å²) >= 11 is 0. The van der Waals surface area contributed by atoms with Crippen molar-refractivity contribution in [2.24, 2.45) is 0 Å². The first-order chi connectivity index (χ1) is 13.2. The maximum absolute atomic E-state index is 12.5. The van der Waals surface area contributed by atoms with Crippen molar-refractivity contribution in [3.8, 4) is 11.5 Å². The quantitative estimate of drug-likeness (QED) is 0.764. The van der Waals surface area contributed by atoms with E-state index in [0.29, 0.717) is 13.0 Å². The van der Waals surface area contributed by atoms with E-state index in [1.54, 1.807) is 7.11 Å². The second-order valence-electron chi connectivity index (χ2n) is 7.04. The molecule has 144 valence electrons. The topological polar surface area (TPSA) is 47.6 Å². The van der Waals surface area contributed by atoms with E-state index in [4.69, 9.17) is 9.47 Å². The average molecular weight is 367 g/mol. The molecule has 4 nitrogen and oxygen atoms in total. The first-order valence-electron chi connectivity index (χ1n) is 9.88. The Hall–Kier alpha value is -2.49. The molecule has 1 aliphatic rings. The van der Waals surface area contributed by atoms with E-state index >= 15 is 0 Å². The smallest absolute Gasteiger partial charge is 0.261 e. The molecule has 1 N–H and O–H groups in total. The number of carbonyl (C=O) groups is 1. The van der Waals surface area contributed by atoms with Gasteiger partial charge in [-0.3, -0.25) is 4.79 Å². The average Bonchev–Trinajstić information content (AvgIpc) is 2.72. The Balaban J connectivity index is 1.51. The molecular formula is C23H29NO3. The van der Waals surface area contributed by atoms with Crippen molar-refractivity contribution in [1.29, 1.82) is 0 Å². The summed E-state index contributed by atoms with van der Waals surface area (Å²) in [6.45, 7) is 2.57. The Kier molecular flexibility index (Phi) is 6.74. The second-order valence-corrected chi connectivity index (χ2v) is 7.04. The lowest BCUT2D eigenvalue weighted by Crippen LogP contribution is -2.39. The summed E-state index contributed by atoms with van der Waals surface area (Å²) in [5.74, 6) is 1.59. The molecule has 1 aliphatic carbocycles. The highest BCUT2D eigenvalue weighted by Crippen LogP contribution is 2.26. The summed E-state index contributed by atoms with van der Waals surface area (Å²) in [4.78, 5) is 12.5. The zero-order chi connectivity index (χ0) is 19.1. The summed E-state index contributed by atoms with van der Waals surface area (Å²) in [6.07, 6.45) is 5.73. The van der Waals surface area contributed by atoms with E-state index in [-0.39, 0.29) is 5.91 Å². The van der Waals surface area contributed by atoms with E-state index in [1.165, 1.54) is 29.5 Å². The summed E-state index contributed by atoms with van der Waals surface area (Å²) in [5, 5.41) is 3.00. The van der Waals surface area contributed by atoms with Crippen LogP contribution in [0.5, 0.6) is 11.5 Å². The molecule has 1 amide bonds. The normalized spacial score (nSPS) is 14.1. The minimum atomic E-state index is -0.456. The lowest BCUT2D eigenvalue weighted by Gasteiger charge is -2.20. The molecule has 4 heteroatoms. The fourth-order valence-electron chi connectivity index (χ4n) is 3.51. The Labute approximate surface area is 161 Å². The van der Waals surface area contributed by atoms with Crippen LogP contribution in [0.1, 0.15) is 42.9 Å². The van der Waals surface area contributed by atoms with Crippen LogP contribution in [0.25, 0.3) is 0 Å². The van der Waals surface area contributed by atoms with Crippen molar-refractivity contribution < 1.29 is 14.3 Å². The zero-order valence-corrected chi connectivity index (χ0v) is 16.3. The molecule has 0 spiro atoms. The molecule has 0 fully saturated rings. The molecule has 1 atom stereocenters. The van der Waals surface area contributed by atoms with Gasteiger partial charge in [-0.25, -0.2) is 0 Å². The monoisotopic (exact) mass is 367 g/mol. The summed E-state index contributed by atoms with van der Waals surface area (Å²) < 4.78 is 11.2. The van der Waals surface area contributed by atoms with Crippen molar-refractivity contribution in [1.82, 2.24) is 5.32 Å². The molecule has 0 aliphatic heterocycles. The van der Waals surface area contributed by atoms with Crippen LogP contribution < -0.4 is 14.8 Å². The number of methoxy groups -OCH3 is 1. The summed E-state index contributed by atoms with van der Waals surface area (Å²) in [6, 6.07) is 14.2. The molecule has 0 radical (unpaired) electrons. The van der Waals surface area contributed by atoms with Gasteiger partial charge in [-0.2, -0.15) is 0 Å². The number of fused-ring (bicyclic) bond motifs is 1. The minimum Gasteiger partial charge on any atom is -0.497 e. The van der Waals surface area contributed by atoms with E-state index in [2.05, 4.69) is 17.4 Å². The molecule has 3 rings (SSSR count). The fourth-order valence-corrected chi connectivity index (χ4v) is 3.51. The van der Waals surface area contributed by atoms with Gasteiger partial charge in [0.05, 0.1) is 7.11 Å². The predicted molar refractivity (Wildman–Crippen MR) is 107 cm³/mol. The third kappa shape index (κ3) is 5.25. The van der Waals surface area contributed by atoms with Gasteiger partial charge in [-0.05, 0) is 79.5 Å². The number of aryl methyl sites for hydroxylation is 2. The van der Waals surface area contributed by atoms with Crippen LogP contribution in [0, 0.1) is 0 Å². The number of hydrogen-bond donors (Lipinski definition) is 1. The van der Waals surface area contributed by atoms with Crippen molar-refractivity contribution in [3.63, 3.8) is 0 Å². The Morgan fingerprint density at radius 2 is 1.74 bits per heavy atom. The highest BCUT2D eigenvalue weighted by Gasteiger charge is 2.19. The Bertz CT molecular complexity index is 755. The van der Waals surface area contributed by atoms with E-state index in [0.717, 1.165) is 30.8 Å². The molecule has 0 saturated carbocycles. The molecule has 0 unspecified atom stereocenters. The number of carbonyl (C=O) groups excluding carboxylic acids is 1. The van der Waals surface area contributed by atoms with Crippen LogP contribution in [-0.2, 0) is 24.1 Å². The van der Waals surface area contributed by atoms with Gasteiger partial charge in [-0.1, -0.05) is 25.1 Å². The van der Waals surface area contributed by atoms with E-state index < -0.39 is 6.10 Å². The van der Waals surface area contributed by atoms with Gasteiger partial charge in [0.15, 0.2) is 6.10 Å². The van der Waals surface area contributed by atoms with Gasteiger partial charge in [0, 0.05) is 6.54 Å². The highest BCUT2D eigenvalue weighted by atomic mass is 16.5. The number of amides is 1. The molecule has 27 heavy (non-hydrogen) atoms. The summed E-state index contributed by atoms with van der Waals surface area (Å²) in [7, 11) is 1.66. The number of ether oxygens (including phenoxy) is 2. The molecule has 0 bridgehead atoms. The number of hydrogen-bond acceptors (Lipinski definition) is 3. The van der Waals surface area contributed by atoms with Crippen molar-refractivity contribution in [2.75, 3.05) is 13.7 Å². The van der Waals surface area contributed by atoms with Gasteiger partial charge >= 0.3 is 0 Å². The first-order valence-corrected chi connectivity index (χ1v) is 9.88. The van der Waals surface area contributed by atoms with Crippen LogP contribution in [0.3, 0.4) is 0 Å². The van der Waals surface area contributed by atoms with Crippen LogP contribution >= 0.6 is 0 Å². The maximum Gasteiger partial charge on any atom is 0.261 e. The van der Waals surface area contributed by atoms with Crippen molar-refractivity contribution in [2.45, 2.75) is 51.6 Å². The SMILES string of the molecule is CC[C@@H](Oc1ccc2c(c1)CCCC2)C(=O)NCCc1ccc(OC)cc1. The van der Waals surface area contributed by atoms with Gasteiger partial charge in [0.1, 0.15) is 11.5 Å². The summed E-state index contributed by atoms with van der Waals surface area (Å²) in [5.41, 5.74) is 3.96. The molecule has 2 aromatic carbocycles. The van der Waals surface area contributed by atoms with Gasteiger partial charge in [-0.15, -0.1) is 0 Å². The zero-order valence-electron chi connectivity index (χ0n) is 16.3. The van der Waals surface area contributed by atoms with E-state index in [1.807, 2.05) is 37.3 Å². The van der Waals surface area contributed by atoms with Crippen LogP contribution in [0.2, 0.25) is 0 Å². The molecule has 0 aromatic heterocycles. The predicted octanol–water partition coefficient (Wildman–Crippen LogP) is 4.09. The molecule has 0 saturated heterocycles. The van der Waals surface area contributed by atoms with Gasteiger partial charge in [0.25, 0.3) is 5.91 Å². The largest absolute Gasteiger partial charge is 0.497 e. The second kappa shape index (κ2) is 9.45. The maximum atomic E-state index is 12.5. The highest BCUT2D eigenvalue weighted by molar-refractivity contribution is 5.81. The lowest BCUT2D eigenvalue weighted by atomic mass is 9.92. The fraction of sp³-hybridized carbons (Fsp3) is 0.435.